The van der Waals surface area contributed by atoms with Gasteiger partial charge < -0.3 is 5.11 Å². The summed E-state index contributed by atoms with van der Waals surface area (Å²) in [5.41, 5.74) is -0.194. The third-order valence-electron chi connectivity index (χ3n) is 1.39. The molecule has 0 aliphatic carbocycles. The fourth-order valence-corrected chi connectivity index (χ4v) is 0.693. The first kappa shape index (κ1) is 8.70. The topological polar surface area (TPSA) is 78.9 Å². The van der Waals surface area contributed by atoms with Crippen LogP contribution in [-0.4, -0.2) is 26.3 Å². The standard InChI is InChI=1S/C7H11N3O2/c1-7(2,3)6-8-4(5(11)12)9-10-6/h1-3H3,(H,11,12)(H,8,9,10). The molecule has 1 aromatic heterocycles. The first-order chi connectivity index (χ1) is 5.41. The molecule has 0 fully saturated rings. The highest BCUT2D eigenvalue weighted by Gasteiger charge is 2.20. The van der Waals surface area contributed by atoms with E-state index in [9.17, 15) is 4.79 Å². The Labute approximate surface area is 69.8 Å². The summed E-state index contributed by atoms with van der Waals surface area (Å²) in [6.07, 6.45) is 0. The van der Waals surface area contributed by atoms with Crippen LogP contribution in [0.3, 0.4) is 0 Å². The van der Waals surface area contributed by atoms with Crippen molar-refractivity contribution >= 4 is 5.97 Å². The average molecular weight is 169 g/mol. The van der Waals surface area contributed by atoms with Gasteiger partial charge in [-0.1, -0.05) is 20.8 Å². The Hall–Kier alpha value is -1.39. The van der Waals surface area contributed by atoms with E-state index in [0.29, 0.717) is 5.82 Å². The van der Waals surface area contributed by atoms with Gasteiger partial charge in [0.15, 0.2) is 0 Å². The summed E-state index contributed by atoms with van der Waals surface area (Å²) in [4.78, 5) is 14.2. The van der Waals surface area contributed by atoms with E-state index in [1.54, 1.807) is 0 Å². The molecule has 0 radical (unpaired) electrons. The Morgan fingerprint density at radius 1 is 1.50 bits per heavy atom. The van der Waals surface area contributed by atoms with E-state index in [0.717, 1.165) is 0 Å². The maximum absolute atomic E-state index is 10.4. The number of carboxylic acid groups (broad SMARTS) is 1. The molecule has 5 nitrogen and oxygen atoms in total. The van der Waals surface area contributed by atoms with E-state index in [4.69, 9.17) is 5.11 Å². The van der Waals surface area contributed by atoms with Crippen LogP contribution in [0.5, 0.6) is 0 Å². The van der Waals surface area contributed by atoms with Crippen molar-refractivity contribution < 1.29 is 9.90 Å². The second-order valence-corrected chi connectivity index (χ2v) is 3.56. The highest BCUT2D eigenvalue weighted by Crippen LogP contribution is 2.16. The van der Waals surface area contributed by atoms with E-state index < -0.39 is 5.97 Å². The van der Waals surface area contributed by atoms with Crippen molar-refractivity contribution in [2.75, 3.05) is 0 Å². The van der Waals surface area contributed by atoms with Gasteiger partial charge in [-0.15, -0.1) is 5.10 Å². The minimum Gasteiger partial charge on any atom is -0.475 e. The van der Waals surface area contributed by atoms with E-state index in [1.807, 2.05) is 20.8 Å². The summed E-state index contributed by atoms with van der Waals surface area (Å²) in [5, 5.41) is 14.7. The number of nitrogens with one attached hydrogen (secondary N) is 1. The van der Waals surface area contributed by atoms with Crippen molar-refractivity contribution in [3.05, 3.63) is 11.6 Å². The van der Waals surface area contributed by atoms with Crippen LogP contribution in [0.15, 0.2) is 0 Å². The molecule has 1 aromatic rings. The molecular weight excluding hydrogens is 158 g/mol. The molecule has 0 saturated heterocycles. The minimum absolute atomic E-state index is 0.181. The molecule has 2 N–H and O–H groups in total. The third-order valence-corrected chi connectivity index (χ3v) is 1.39. The van der Waals surface area contributed by atoms with Crippen LogP contribution in [0.25, 0.3) is 0 Å². The van der Waals surface area contributed by atoms with Gasteiger partial charge in [0.2, 0.25) is 0 Å². The van der Waals surface area contributed by atoms with Crippen molar-refractivity contribution in [1.82, 2.24) is 15.2 Å². The largest absolute Gasteiger partial charge is 0.475 e. The highest BCUT2D eigenvalue weighted by atomic mass is 16.4. The molecule has 1 heterocycles. The highest BCUT2D eigenvalue weighted by molar-refractivity contribution is 5.82. The molecule has 66 valence electrons. The van der Waals surface area contributed by atoms with Gasteiger partial charge in [0.25, 0.3) is 5.82 Å². The van der Waals surface area contributed by atoms with Crippen LogP contribution in [-0.2, 0) is 5.41 Å². The molecule has 0 saturated carbocycles. The third kappa shape index (κ3) is 1.61. The number of aromatic amines is 1. The zero-order valence-electron chi connectivity index (χ0n) is 7.25. The lowest BCUT2D eigenvalue weighted by Gasteiger charge is -2.12. The van der Waals surface area contributed by atoms with Crippen LogP contribution in [0.4, 0.5) is 0 Å². The van der Waals surface area contributed by atoms with E-state index in [-0.39, 0.29) is 11.2 Å². The normalized spacial score (nSPS) is 11.6. The van der Waals surface area contributed by atoms with Crippen molar-refractivity contribution in [2.45, 2.75) is 26.2 Å². The quantitative estimate of drug-likeness (QED) is 0.651. The Balaban J connectivity index is 3.00. The van der Waals surface area contributed by atoms with Crippen molar-refractivity contribution in [2.24, 2.45) is 0 Å². The van der Waals surface area contributed by atoms with Gasteiger partial charge in [0.05, 0.1) is 0 Å². The van der Waals surface area contributed by atoms with Crippen molar-refractivity contribution in [3.63, 3.8) is 0 Å². The molecule has 0 bridgehead atoms. The van der Waals surface area contributed by atoms with Gasteiger partial charge in [-0.3, -0.25) is 5.10 Å². The number of nitrogens with zero attached hydrogens (tertiary/aromatic N) is 2. The van der Waals surface area contributed by atoms with Gasteiger partial charge in [0, 0.05) is 5.41 Å². The fraction of sp³-hybridized carbons (Fsp3) is 0.571. The number of carboxylic acids is 1. The monoisotopic (exact) mass is 169 g/mol. The fourth-order valence-electron chi connectivity index (χ4n) is 0.693. The molecular formula is C7H11N3O2. The van der Waals surface area contributed by atoms with Crippen molar-refractivity contribution in [1.29, 1.82) is 0 Å². The maximum Gasteiger partial charge on any atom is 0.375 e. The summed E-state index contributed by atoms with van der Waals surface area (Å²) >= 11 is 0. The van der Waals surface area contributed by atoms with Gasteiger partial charge in [-0.2, -0.15) is 0 Å². The zero-order chi connectivity index (χ0) is 9.35. The number of hydrogen-bond acceptors (Lipinski definition) is 3. The van der Waals surface area contributed by atoms with E-state index in [1.165, 1.54) is 0 Å². The molecule has 0 spiro atoms. The second kappa shape index (κ2) is 2.58. The number of aromatic nitrogens is 3. The Kier molecular flexibility index (Phi) is 1.87. The Morgan fingerprint density at radius 2 is 2.08 bits per heavy atom. The molecule has 0 aliphatic heterocycles. The molecule has 0 atom stereocenters. The van der Waals surface area contributed by atoms with Crippen LogP contribution < -0.4 is 0 Å². The lowest BCUT2D eigenvalue weighted by molar-refractivity contribution is 0.0684. The molecule has 0 amide bonds. The minimum atomic E-state index is -1.11. The number of H-pyrrole nitrogens is 1. The SMILES string of the molecule is CC(C)(C)c1nc(C(=O)O)n[nH]1. The molecule has 0 aliphatic rings. The zero-order valence-corrected chi connectivity index (χ0v) is 7.25. The van der Waals surface area contributed by atoms with Crippen molar-refractivity contribution in [3.8, 4) is 0 Å². The molecule has 12 heavy (non-hydrogen) atoms. The number of carbonyl (C=O) groups is 1. The predicted octanol–water partition coefficient (Wildman–Crippen LogP) is 0.800. The summed E-state index contributed by atoms with van der Waals surface area (Å²) < 4.78 is 0. The van der Waals surface area contributed by atoms with E-state index >= 15 is 0 Å². The number of rotatable bonds is 1. The lowest BCUT2D eigenvalue weighted by atomic mass is 9.96. The summed E-state index contributed by atoms with van der Waals surface area (Å²) in [6, 6.07) is 0. The molecule has 0 aromatic carbocycles. The molecule has 0 unspecified atom stereocenters. The second-order valence-electron chi connectivity index (χ2n) is 3.56. The smallest absolute Gasteiger partial charge is 0.375 e. The van der Waals surface area contributed by atoms with Gasteiger partial charge in [0.1, 0.15) is 5.82 Å². The Morgan fingerprint density at radius 3 is 2.33 bits per heavy atom. The van der Waals surface area contributed by atoms with Gasteiger partial charge in [-0.25, -0.2) is 9.78 Å². The first-order valence-corrected chi connectivity index (χ1v) is 3.57. The first-order valence-electron chi connectivity index (χ1n) is 3.57. The average Bonchev–Trinajstić information content (AvgIpc) is 2.30. The number of aromatic carboxylic acids is 1. The van der Waals surface area contributed by atoms with E-state index in [2.05, 4.69) is 15.2 Å². The van der Waals surface area contributed by atoms with Crippen LogP contribution >= 0.6 is 0 Å². The Bertz CT molecular complexity index is 298. The summed E-state index contributed by atoms with van der Waals surface area (Å²) in [7, 11) is 0. The lowest BCUT2D eigenvalue weighted by Crippen LogP contribution is -2.13. The predicted molar refractivity (Wildman–Crippen MR) is 42.0 cm³/mol. The van der Waals surface area contributed by atoms with Gasteiger partial charge >= 0.3 is 5.97 Å². The van der Waals surface area contributed by atoms with Gasteiger partial charge in [-0.05, 0) is 0 Å². The maximum atomic E-state index is 10.4. The van der Waals surface area contributed by atoms with Crippen LogP contribution in [0.1, 0.15) is 37.2 Å². The molecule has 1 rings (SSSR count). The molecule has 5 heteroatoms. The number of hydrogen-bond donors (Lipinski definition) is 2. The van der Waals surface area contributed by atoms with Crippen LogP contribution in [0, 0.1) is 0 Å². The summed E-state index contributed by atoms with van der Waals surface area (Å²) in [5.74, 6) is -0.707. The van der Waals surface area contributed by atoms with Crippen LogP contribution in [0.2, 0.25) is 0 Å². The summed E-state index contributed by atoms with van der Waals surface area (Å²) in [6.45, 7) is 5.79.